The molecule has 20 heavy (non-hydrogen) atoms. The van der Waals surface area contributed by atoms with Gasteiger partial charge in [-0.25, -0.2) is 4.79 Å². The minimum atomic E-state index is -0.260. The van der Waals surface area contributed by atoms with E-state index in [1.807, 2.05) is 13.8 Å². The van der Waals surface area contributed by atoms with E-state index in [2.05, 4.69) is 16.6 Å². The molecule has 1 aromatic heterocycles. The first-order chi connectivity index (χ1) is 9.65. The van der Waals surface area contributed by atoms with Crippen LogP contribution in [0.25, 0.3) is 0 Å². The van der Waals surface area contributed by atoms with Gasteiger partial charge in [0, 0.05) is 6.04 Å². The summed E-state index contributed by atoms with van der Waals surface area (Å²) in [6.45, 7) is 6.35. The van der Waals surface area contributed by atoms with Gasteiger partial charge in [0.1, 0.15) is 10.6 Å². The van der Waals surface area contributed by atoms with Crippen LogP contribution >= 0.6 is 11.5 Å². The van der Waals surface area contributed by atoms with Crippen LogP contribution in [0.5, 0.6) is 0 Å². The van der Waals surface area contributed by atoms with Crippen molar-refractivity contribution in [3.8, 4) is 0 Å². The molecular weight excluding hydrogens is 272 g/mol. The maximum Gasteiger partial charge on any atom is 0.343 e. The van der Waals surface area contributed by atoms with Gasteiger partial charge >= 0.3 is 5.97 Å². The van der Waals surface area contributed by atoms with Crippen molar-refractivity contribution >= 4 is 22.5 Å². The van der Waals surface area contributed by atoms with Crippen molar-refractivity contribution in [1.82, 2.24) is 4.37 Å². The molecule has 0 saturated heterocycles. The van der Waals surface area contributed by atoms with Gasteiger partial charge in [0.2, 0.25) is 0 Å². The van der Waals surface area contributed by atoms with Gasteiger partial charge in [-0.2, -0.15) is 4.37 Å². The molecule has 1 N–H and O–H groups in total. The Labute approximate surface area is 125 Å². The van der Waals surface area contributed by atoms with Crippen LogP contribution in [0, 0.1) is 12.8 Å². The lowest BCUT2D eigenvalue weighted by molar-refractivity contribution is 0.0527. The van der Waals surface area contributed by atoms with Gasteiger partial charge in [-0.15, -0.1) is 0 Å². The number of nitrogens with one attached hydrogen (secondary N) is 1. The molecule has 1 saturated carbocycles. The molecule has 2 atom stereocenters. The highest BCUT2D eigenvalue weighted by Gasteiger charge is 2.25. The fourth-order valence-electron chi connectivity index (χ4n) is 2.89. The molecule has 1 aliphatic carbocycles. The van der Waals surface area contributed by atoms with E-state index in [1.165, 1.54) is 43.6 Å². The summed E-state index contributed by atoms with van der Waals surface area (Å²) in [5.41, 5.74) is 1.38. The number of anilines is 1. The Morgan fingerprint density at radius 3 is 2.95 bits per heavy atom. The van der Waals surface area contributed by atoms with E-state index >= 15 is 0 Å². The molecule has 112 valence electrons. The average Bonchev–Trinajstić information content (AvgIpc) is 2.80. The van der Waals surface area contributed by atoms with Gasteiger partial charge in [-0.1, -0.05) is 26.2 Å². The first kappa shape index (κ1) is 15.3. The quantitative estimate of drug-likeness (QED) is 0.834. The highest BCUT2D eigenvalue weighted by atomic mass is 32.1. The number of aryl methyl sites for hydroxylation is 1. The fraction of sp³-hybridized carbons (Fsp3) is 0.733. The zero-order valence-electron chi connectivity index (χ0n) is 12.6. The van der Waals surface area contributed by atoms with Crippen molar-refractivity contribution in [3.63, 3.8) is 0 Å². The van der Waals surface area contributed by atoms with Crippen molar-refractivity contribution in [2.75, 3.05) is 11.9 Å². The van der Waals surface area contributed by atoms with Gasteiger partial charge in [0.15, 0.2) is 0 Å². The Bertz CT molecular complexity index is 459. The molecule has 2 rings (SSSR count). The summed E-state index contributed by atoms with van der Waals surface area (Å²) >= 11 is 1.37. The normalized spacial score (nSPS) is 22.6. The summed E-state index contributed by atoms with van der Waals surface area (Å²) in [4.78, 5) is 12.0. The summed E-state index contributed by atoms with van der Waals surface area (Å²) < 4.78 is 9.43. The third-order valence-electron chi connectivity index (χ3n) is 4.04. The van der Waals surface area contributed by atoms with E-state index in [0.717, 1.165) is 16.6 Å². The molecule has 1 aromatic rings. The van der Waals surface area contributed by atoms with Crippen molar-refractivity contribution in [2.24, 2.45) is 5.92 Å². The van der Waals surface area contributed by atoms with Crippen LogP contribution in [0.4, 0.5) is 5.00 Å². The summed E-state index contributed by atoms with van der Waals surface area (Å²) in [6, 6.07) is 0.460. The fourth-order valence-corrected chi connectivity index (χ4v) is 3.75. The van der Waals surface area contributed by atoms with Crippen LogP contribution in [0.1, 0.15) is 62.0 Å². The topological polar surface area (TPSA) is 51.2 Å². The maximum atomic E-state index is 12.0. The number of ether oxygens (including phenoxy) is 1. The van der Waals surface area contributed by atoms with E-state index in [1.54, 1.807) is 0 Å². The first-order valence-electron chi connectivity index (χ1n) is 7.55. The average molecular weight is 296 g/mol. The Kier molecular flexibility index (Phi) is 5.40. The Balaban J connectivity index is 2.07. The lowest BCUT2D eigenvalue weighted by atomic mass is 9.84. The van der Waals surface area contributed by atoms with Gasteiger partial charge < -0.3 is 10.1 Å². The first-order valence-corrected chi connectivity index (χ1v) is 8.32. The highest BCUT2D eigenvalue weighted by molar-refractivity contribution is 7.10. The number of aromatic nitrogens is 1. The number of hydrogen-bond acceptors (Lipinski definition) is 5. The summed E-state index contributed by atoms with van der Waals surface area (Å²) in [5, 5.41) is 4.41. The SMILES string of the molecule is CCOC(=O)c1c(C)nsc1NC1CCCC(CC)C1. The van der Waals surface area contributed by atoms with Crippen molar-refractivity contribution in [1.29, 1.82) is 0 Å². The smallest absolute Gasteiger partial charge is 0.343 e. The summed E-state index contributed by atoms with van der Waals surface area (Å²) in [7, 11) is 0. The van der Waals surface area contributed by atoms with E-state index in [-0.39, 0.29) is 5.97 Å². The van der Waals surface area contributed by atoms with E-state index in [9.17, 15) is 4.79 Å². The van der Waals surface area contributed by atoms with Gasteiger partial charge in [0.05, 0.1) is 12.3 Å². The molecule has 0 radical (unpaired) electrons. The number of carbonyl (C=O) groups is 1. The largest absolute Gasteiger partial charge is 0.462 e. The lowest BCUT2D eigenvalue weighted by Crippen LogP contribution is -2.27. The van der Waals surface area contributed by atoms with Crippen LogP contribution in [-0.2, 0) is 4.74 Å². The Hall–Kier alpha value is -1.10. The molecule has 0 bridgehead atoms. The number of hydrogen-bond donors (Lipinski definition) is 1. The van der Waals surface area contributed by atoms with Crippen LogP contribution in [0.3, 0.4) is 0 Å². The second-order valence-electron chi connectivity index (χ2n) is 5.47. The zero-order chi connectivity index (χ0) is 14.5. The van der Waals surface area contributed by atoms with E-state index < -0.39 is 0 Å². The second kappa shape index (κ2) is 7.07. The van der Waals surface area contributed by atoms with Gasteiger partial charge in [-0.05, 0) is 44.1 Å². The zero-order valence-corrected chi connectivity index (χ0v) is 13.4. The minimum Gasteiger partial charge on any atom is -0.462 e. The monoisotopic (exact) mass is 296 g/mol. The standard InChI is InChI=1S/C15H24N2O2S/c1-4-11-7-6-8-12(9-11)16-14-13(10(3)17-20-14)15(18)19-5-2/h11-12,16H,4-9H2,1-3H3. The van der Waals surface area contributed by atoms with Crippen molar-refractivity contribution < 1.29 is 9.53 Å². The third kappa shape index (κ3) is 3.51. The Morgan fingerprint density at radius 2 is 2.25 bits per heavy atom. The number of rotatable bonds is 5. The predicted octanol–water partition coefficient (Wildman–Crippen LogP) is 4.01. The summed E-state index contributed by atoms with van der Waals surface area (Å²) in [6.07, 6.45) is 6.21. The lowest BCUT2D eigenvalue weighted by Gasteiger charge is -2.29. The number of nitrogens with zero attached hydrogens (tertiary/aromatic N) is 1. The van der Waals surface area contributed by atoms with Crippen LogP contribution in [0.15, 0.2) is 0 Å². The molecule has 2 unspecified atom stereocenters. The molecule has 0 spiro atoms. The minimum absolute atomic E-state index is 0.260. The van der Waals surface area contributed by atoms with Gasteiger partial charge in [-0.3, -0.25) is 0 Å². The molecule has 1 aliphatic rings. The number of esters is 1. The summed E-state index contributed by atoms with van der Waals surface area (Å²) in [5.74, 6) is 0.547. The van der Waals surface area contributed by atoms with Crippen LogP contribution < -0.4 is 5.32 Å². The second-order valence-corrected chi connectivity index (χ2v) is 6.25. The molecule has 5 heteroatoms. The maximum absolute atomic E-state index is 12.0. The third-order valence-corrected chi connectivity index (χ3v) is 4.91. The van der Waals surface area contributed by atoms with E-state index in [0.29, 0.717) is 18.2 Å². The highest BCUT2D eigenvalue weighted by Crippen LogP contribution is 2.32. The van der Waals surface area contributed by atoms with Crippen molar-refractivity contribution in [3.05, 3.63) is 11.3 Å². The molecule has 4 nitrogen and oxygen atoms in total. The van der Waals surface area contributed by atoms with E-state index in [4.69, 9.17) is 4.74 Å². The molecule has 0 aliphatic heterocycles. The molecule has 0 aromatic carbocycles. The van der Waals surface area contributed by atoms with Crippen LogP contribution in [-0.4, -0.2) is 23.0 Å². The molecule has 1 heterocycles. The van der Waals surface area contributed by atoms with Gasteiger partial charge in [0.25, 0.3) is 0 Å². The molecular formula is C15H24N2O2S. The predicted molar refractivity (Wildman–Crippen MR) is 82.5 cm³/mol. The van der Waals surface area contributed by atoms with Crippen molar-refractivity contribution in [2.45, 2.75) is 58.9 Å². The number of carbonyl (C=O) groups excluding carboxylic acids is 1. The molecule has 0 amide bonds. The Morgan fingerprint density at radius 1 is 1.45 bits per heavy atom. The molecule has 1 fully saturated rings. The van der Waals surface area contributed by atoms with Crippen LogP contribution in [0.2, 0.25) is 0 Å².